The summed E-state index contributed by atoms with van der Waals surface area (Å²) in [6, 6.07) is 11.8. The van der Waals surface area contributed by atoms with E-state index in [2.05, 4.69) is 5.32 Å². The molecule has 0 radical (unpaired) electrons. The summed E-state index contributed by atoms with van der Waals surface area (Å²) >= 11 is 12.0. The highest BCUT2D eigenvalue weighted by Gasteiger charge is 2.13. The topological polar surface area (TPSA) is 71.3 Å². The number of hydrogen-bond donors (Lipinski definition) is 1. The van der Waals surface area contributed by atoms with E-state index >= 15 is 0 Å². The summed E-state index contributed by atoms with van der Waals surface area (Å²) in [5.74, 6) is 0.558. The summed E-state index contributed by atoms with van der Waals surface area (Å²) in [6.07, 6.45) is 1.46. The summed E-state index contributed by atoms with van der Waals surface area (Å²) in [5, 5.41) is 12.7. The Kier molecular flexibility index (Phi) is 7.54. The van der Waals surface area contributed by atoms with E-state index in [1.165, 1.54) is 12.1 Å². The van der Waals surface area contributed by atoms with Gasteiger partial charge in [0.25, 0.3) is 5.91 Å². The van der Waals surface area contributed by atoms with Crippen molar-refractivity contribution in [1.82, 2.24) is 0 Å². The molecule has 0 aromatic heterocycles. The van der Waals surface area contributed by atoms with Crippen molar-refractivity contribution < 1.29 is 14.3 Å². The summed E-state index contributed by atoms with van der Waals surface area (Å²) < 4.78 is 11.1. The van der Waals surface area contributed by atoms with Crippen LogP contribution in [0.1, 0.15) is 19.4 Å². The maximum atomic E-state index is 12.4. The summed E-state index contributed by atoms with van der Waals surface area (Å²) in [7, 11) is 0. The molecule has 0 atom stereocenters. The van der Waals surface area contributed by atoms with Crippen molar-refractivity contribution in [2.24, 2.45) is 0 Å². The number of anilines is 1. The molecule has 5 nitrogen and oxygen atoms in total. The Morgan fingerprint density at radius 2 is 1.81 bits per heavy atom. The first-order valence-corrected chi connectivity index (χ1v) is 9.01. The zero-order valence-corrected chi connectivity index (χ0v) is 16.4. The van der Waals surface area contributed by atoms with Crippen molar-refractivity contribution >= 4 is 40.9 Å². The molecule has 140 valence electrons. The number of benzene rings is 2. The van der Waals surface area contributed by atoms with Crippen LogP contribution in [0.2, 0.25) is 10.0 Å². The second-order valence-corrected chi connectivity index (χ2v) is 6.16. The summed E-state index contributed by atoms with van der Waals surface area (Å²) in [6.45, 7) is 4.71. The highest BCUT2D eigenvalue weighted by Crippen LogP contribution is 2.30. The first-order chi connectivity index (χ1) is 13.0. The van der Waals surface area contributed by atoms with Gasteiger partial charge in [-0.05, 0) is 55.8 Å². The van der Waals surface area contributed by atoms with Gasteiger partial charge in [-0.2, -0.15) is 5.26 Å². The predicted octanol–water partition coefficient (Wildman–Crippen LogP) is 5.34. The number of carbonyl (C=O) groups is 1. The number of nitriles is 1. The SMILES string of the molecule is CCOc1ccc(C=C(C#N)C(=O)Nc2cc(Cl)ccc2Cl)cc1OCC. The van der Waals surface area contributed by atoms with Crippen LogP contribution in [0.25, 0.3) is 6.08 Å². The number of halogens is 2. The standard InChI is InChI=1S/C20H18Cl2N2O3/c1-3-26-18-8-5-13(10-19(18)27-4-2)9-14(12-23)20(25)24-17-11-15(21)6-7-16(17)22/h5-11H,3-4H2,1-2H3,(H,24,25). The van der Waals surface area contributed by atoms with Gasteiger partial charge in [-0.15, -0.1) is 0 Å². The van der Waals surface area contributed by atoms with Gasteiger partial charge in [0.2, 0.25) is 0 Å². The third kappa shape index (κ3) is 5.65. The minimum atomic E-state index is -0.589. The quantitative estimate of drug-likeness (QED) is 0.499. The van der Waals surface area contributed by atoms with Crippen LogP contribution in [0.5, 0.6) is 11.5 Å². The van der Waals surface area contributed by atoms with Gasteiger partial charge in [-0.25, -0.2) is 0 Å². The molecule has 0 saturated heterocycles. The van der Waals surface area contributed by atoms with Crippen molar-refractivity contribution in [3.63, 3.8) is 0 Å². The molecule has 1 amide bonds. The number of nitrogens with zero attached hydrogens (tertiary/aromatic N) is 1. The number of rotatable bonds is 7. The molecule has 0 aliphatic rings. The molecule has 0 spiro atoms. The zero-order chi connectivity index (χ0) is 19.8. The molecule has 0 unspecified atom stereocenters. The van der Waals surface area contributed by atoms with E-state index in [1.54, 1.807) is 30.3 Å². The fourth-order valence-electron chi connectivity index (χ4n) is 2.26. The van der Waals surface area contributed by atoms with Crippen LogP contribution in [0.3, 0.4) is 0 Å². The molecule has 0 heterocycles. The fraction of sp³-hybridized carbons (Fsp3) is 0.200. The third-order valence-electron chi connectivity index (χ3n) is 3.42. The average Bonchev–Trinajstić information content (AvgIpc) is 2.65. The molecule has 7 heteroatoms. The van der Waals surface area contributed by atoms with Crippen molar-refractivity contribution in [1.29, 1.82) is 5.26 Å². The van der Waals surface area contributed by atoms with Crippen molar-refractivity contribution in [3.05, 3.63) is 57.6 Å². The van der Waals surface area contributed by atoms with Gasteiger partial charge in [0, 0.05) is 5.02 Å². The van der Waals surface area contributed by atoms with Crippen LogP contribution >= 0.6 is 23.2 Å². The lowest BCUT2D eigenvalue weighted by Gasteiger charge is -2.11. The Bertz CT molecular complexity index is 905. The molecule has 0 aliphatic carbocycles. The lowest BCUT2D eigenvalue weighted by atomic mass is 10.1. The number of carbonyl (C=O) groups excluding carboxylic acids is 1. The normalized spacial score (nSPS) is 10.9. The fourth-order valence-corrected chi connectivity index (χ4v) is 2.59. The minimum absolute atomic E-state index is 0.0855. The average molecular weight is 405 g/mol. The molecule has 2 aromatic rings. The van der Waals surface area contributed by atoms with E-state index in [0.29, 0.717) is 46.0 Å². The first kappa shape index (κ1) is 20.6. The van der Waals surface area contributed by atoms with Gasteiger partial charge in [0.15, 0.2) is 11.5 Å². The van der Waals surface area contributed by atoms with E-state index in [1.807, 2.05) is 19.9 Å². The Morgan fingerprint density at radius 1 is 1.11 bits per heavy atom. The van der Waals surface area contributed by atoms with Crippen LogP contribution in [0.4, 0.5) is 5.69 Å². The smallest absolute Gasteiger partial charge is 0.266 e. The van der Waals surface area contributed by atoms with E-state index < -0.39 is 5.91 Å². The van der Waals surface area contributed by atoms with E-state index in [9.17, 15) is 10.1 Å². The molecule has 0 bridgehead atoms. The molecule has 2 rings (SSSR count). The second-order valence-electron chi connectivity index (χ2n) is 5.32. The van der Waals surface area contributed by atoms with Gasteiger partial charge in [0.05, 0.1) is 23.9 Å². The maximum absolute atomic E-state index is 12.4. The second kappa shape index (κ2) is 9.86. The summed E-state index contributed by atoms with van der Waals surface area (Å²) in [5.41, 5.74) is 0.875. The van der Waals surface area contributed by atoms with Gasteiger partial charge >= 0.3 is 0 Å². The first-order valence-electron chi connectivity index (χ1n) is 8.26. The van der Waals surface area contributed by atoms with Crippen molar-refractivity contribution in [2.45, 2.75) is 13.8 Å². The Labute approximate surface area is 168 Å². The molecule has 0 aliphatic heterocycles. The number of amides is 1. The lowest BCUT2D eigenvalue weighted by Crippen LogP contribution is -2.13. The Hall–Kier alpha value is -2.68. The molecule has 0 fully saturated rings. The lowest BCUT2D eigenvalue weighted by molar-refractivity contribution is -0.112. The molecule has 1 N–H and O–H groups in total. The molecule has 0 saturated carbocycles. The number of ether oxygens (including phenoxy) is 2. The number of hydrogen-bond acceptors (Lipinski definition) is 4. The van der Waals surface area contributed by atoms with E-state index in [4.69, 9.17) is 32.7 Å². The van der Waals surface area contributed by atoms with Crippen LogP contribution < -0.4 is 14.8 Å². The predicted molar refractivity (Wildman–Crippen MR) is 107 cm³/mol. The van der Waals surface area contributed by atoms with Gasteiger partial charge in [0.1, 0.15) is 11.6 Å². The molecular weight excluding hydrogens is 387 g/mol. The van der Waals surface area contributed by atoms with Crippen molar-refractivity contribution in [3.8, 4) is 17.6 Å². The van der Waals surface area contributed by atoms with Crippen LogP contribution in [0.15, 0.2) is 42.0 Å². The zero-order valence-electron chi connectivity index (χ0n) is 14.9. The summed E-state index contributed by atoms with van der Waals surface area (Å²) in [4.78, 5) is 12.4. The molecule has 27 heavy (non-hydrogen) atoms. The van der Waals surface area contributed by atoms with Crippen molar-refractivity contribution in [2.75, 3.05) is 18.5 Å². The Balaban J connectivity index is 2.29. The van der Waals surface area contributed by atoms with Gasteiger partial charge in [-0.3, -0.25) is 4.79 Å². The van der Waals surface area contributed by atoms with E-state index in [-0.39, 0.29) is 5.57 Å². The largest absolute Gasteiger partial charge is 0.490 e. The van der Waals surface area contributed by atoms with Gasteiger partial charge in [-0.1, -0.05) is 29.3 Å². The monoisotopic (exact) mass is 404 g/mol. The highest BCUT2D eigenvalue weighted by molar-refractivity contribution is 6.36. The Morgan fingerprint density at radius 3 is 2.48 bits per heavy atom. The maximum Gasteiger partial charge on any atom is 0.266 e. The molecule has 2 aromatic carbocycles. The van der Waals surface area contributed by atoms with Crippen LogP contribution in [-0.2, 0) is 4.79 Å². The highest BCUT2D eigenvalue weighted by atomic mass is 35.5. The van der Waals surface area contributed by atoms with Gasteiger partial charge < -0.3 is 14.8 Å². The molecular formula is C20H18Cl2N2O3. The van der Waals surface area contributed by atoms with Crippen LogP contribution in [0, 0.1) is 11.3 Å². The minimum Gasteiger partial charge on any atom is -0.490 e. The van der Waals surface area contributed by atoms with Crippen LogP contribution in [-0.4, -0.2) is 19.1 Å². The number of nitrogens with one attached hydrogen (secondary N) is 1. The third-order valence-corrected chi connectivity index (χ3v) is 3.98. The van der Waals surface area contributed by atoms with E-state index in [0.717, 1.165) is 0 Å².